The van der Waals surface area contributed by atoms with Gasteiger partial charge in [0.2, 0.25) is 0 Å². The van der Waals surface area contributed by atoms with Crippen molar-refractivity contribution in [1.29, 1.82) is 0 Å². The maximum atomic E-state index is 10.7. The fourth-order valence-electron chi connectivity index (χ4n) is 1.28. The van der Waals surface area contributed by atoms with Crippen LogP contribution in [-0.4, -0.2) is 22.0 Å². The maximum Gasteiger partial charge on any atom is 0.335 e. The Bertz CT molecular complexity index is 544. The highest BCUT2D eigenvalue weighted by Crippen LogP contribution is 2.09. The molecule has 4 heteroatoms. The third kappa shape index (κ3) is 5.04. The molecule has 98 valence electrons. The van der Waals surface area contributed by atoms with Crippen LogP contribution in [0, 0.1) is 0 Å². The van der Waals surface area contributed by atoms with E-state index in [4.69, 9.17) is 10.2 Å². The summed E-state index contributed by atoms with van der Waals surface area (Å²) in [4.78, 5) is 20.9. The van der Waals surface area contributed by atoms with E-state index in [0.717, 1.165) is 0 Å². The van der Waals surface area contributed by atoms with Gasteiger partial charge < -0.3 is 10.2 Å². The van der Waals surface area contributed by atoms with Crippen molar-refractivity contribution in [3.63, 3.8) is 0 Å². The first kappa shape index (κ1) is 14.4. The van der Waals surface area contributed by atoms with Crippen molar-refractivity contribution < 1.29 is 19.8 Å². The van der Waals surface area contributed by atoms with E-state index in [1.54, 1.807) is 42.5 Å². The molecule has 0 aliphatic heterocycles. The molecule has 0 aliphatic rings. The number of aromatic carboxylic acids is 1. The lowest BCUT2D eigenvalue weighted by atomic mass is 10.1. The van der Waals surface area contributed by atoms with E-state index in [0.29, 0.717) is 11.1 Å². The number of aromatic hydroxyl groups is 1. The van der Waals surface area contributed by atoms with Crippen LogP contribution in [0.25, 0.3) is 0 Å². The lowest BCUT2D eigenvalue weighted by molar-refractivity contribution is 0.0696. The van der Waals surface area contributed by atoms with Crippen LogP contribution >= 0.6 is 0 Å². The number of benzene rings is 2. The lowest BCUT2D eigenvalue weighted by Crippen LogP contribution is -1.93. The van der Waals surface area contributed by atoms with Crippen LogP contribution in [0.3, 0.4) is 0 Å². The summed E-state index contributed by atoms with van der Waals surface area (Å²) >= 11 is 0. The number of rotatable bonds is 2. The second kappa shape index (κ2) is 6.96. The van der Waals surface area contributed by atoms with Crippen LogP contribution in [0.2, 0.25) is 0 Å². The molecule has 0 atom stereocenters. The number of carboxylic acids is 1. The summed E-state index contributed by atoms with van der Waals surface area (Å²) < 4.78 is 0. The molecular weight excluding hydrogens is 244 g/mol. The Morgan fingerprint density at radius 2 is 1.37 bits per heavy atom. The fraction of sp³-hybridized carbons (Fsp3) is 0.0667. The second-order valence-electron chi connectivity index (χ2n) is 3.77. The molecule has 0 saturated heterocycles. The molecule has 0 saturated carbocycles. The highest BCUT2D eigenvalue weighted by Gasteiger charge is 1.97. The van der Waals surface area contributed by atoms with Gasteiger partial charge >= 0.3 is 5.97 Å². The van der Waals surface area contributed by atoms with Crippen molar-refractivity contribution in [3.8, 4) is 5.75 Å². The van der Waals surface area contributed by atoms with Gasteiger partial charge in [0, 0.05) is 5.56 Å². The Labute approximate surface area is 111 Å². The molecule has 0 spiro atoms. The van der Waals surface area contributed by atoms with Crippen molar-refractivity contribution in [2.24, 2.45) is 0 Å². The zero-order valence-electron chi connectivity index (χ0n) is 10.4. The number of carboxylic acid groups (broad SMARTS) is 1. The van der Waals surface area contributed by atoms with Crippen molar-refractivity contribution in [1.82, 2.24) is 0 Å². The number of ketones is 1. The Hall–Kier alpha value is -2.62. The lowest BCUT2D eigenvalue weighted by Gasteiger charge is -1.93. The van der Waals surface area contributed by atoms with Gasteiger partial charge in [-0.3, -0.25) is 4.79 Å². The number of carbonyl (C=O) groups excluding carboxylic acids is 1. The number of hydrogen-bond acceptors (Lipinski definition) is 3. The zero-order chi connectivity index (χ0) is 14.3. The molecular formula is C15H14O4. The normalized spacial score (nSPS) is 9.11. The third-order valence-electron chi connectivity index (χ3n) is 2.29. The van der Waals surface area contributed by atoms with Gasteiger partial charge in [-0.2, -0.15) is 0 Å². The van der Waals surface area contributed by atoms with Gasteiger partial charge in [0.15, 0.2) is 5.78 Å². The minimum atomic E-state index is -0.879. The van der Waals surface area contributed by atoms with Gasteiger partial charge in [-0.1, -0.05) is 18.2 Å². The topological polar surface area (TPSA) is 74.6 Å². The monoisotopic (exact) mass is 258 g/mol. The fourth-order valence-corrected chi connectivity index (χ4v) is 1.28. The average molecular weight is 258 g/mol. The molecule has 2 aromatic rings. The van der Waals surface area contributed by atoms with E-state index in [9.17, 15) is 9.59 Å². The minimum absolute atomic E-state index is 0.0139. The second-order valence-corrected chi connectivity index (χ2v) is 3.77. The van der Waals surface area contributed by atoms with Gasteiger partial charge in [0.25, 0.3) is 0 Å². The maximum absolute atomic E-state index is 10.7. The molecule has 2 rings (SSSR count). The summed E-state index contributed by atoms with van der Waals surface area (Å²) in [6, 6.07) is 14.5. The molecule has 2 aromatic carbocycles. The summed E-state index contributed by atoms with van der Waals surface area (Å²) in [6.07, 6.45) is 0. The average Bonchev–Trinajstić information content (AvgIpc) is 2.41. The third-order valence-corrected chi connectivity index (χ3v) is 2.29. The predicted molar refractivity (Wildman–Crippen MR) is 71.5 cm³/mol. The van der Waals surface area contributed by atoms with Crippen LogP contribution in [0.1, 0.15) is 27.6 Å². The van der Waals surface area contributed by atoms with E-state index >= 15 is 0 Å². The molecule has 0 amide bonds. The first-order chi connectivity index (χ1) is 9.00. The van der Waals surface area contributed by atoms with E-state index in [1.165, 1.54) is 19.1 Å². The number of carbonyl (C=O) groups is 2. The Morgan fingerprint density at radius 1 is 0.842 bits per heavy atom. The van der Waals surface area contributed by atoms with Crippen molar-refractivity contribution in [3.05, 3.63) is 65.7 Å². The predicted octanol–water partition coefficient (Wildman–Crippen LogP) is 2.98. The van der Waals surface area contributed by atoms with Crippen LogP contribution in [-0.2, 0) is 0 Å². The summed E-state index contributed by atoms with van der Waals surface area (Å²) in [5.41, 5.74) is 0.954. The van der Waals surface area contributed by atoms with Crippen molar-refractivity contribution in [2.45, 2.75) is 6.92 Å². The van der Waals surface area contributed by atoms with Crippen molar-refractivity contribution in [2.75, 3.05) is 0 Å². The number of hydrogen-bond donors (Lipinski definition) is 2. The summed E-state index contributed by atoms with van der Waals surface area (Å²) in [6.45, 7) is 1.49. The van der Waals surface area contributed by atoms with E-state index in [2.05, 4.69) is 0 Å². The number of phenolic OH excluding ortho intramolecular Hbond substituents is 1. The van der Waals surface area contributed by atoms with Gasteiger partial charge in [-0.15, -0.1) is 0 Å². The van der Waals surface area contributed by atoms with E-state index < -0.39 is 5.97 Å². The Morgan fingerprint density at radius 3 is 1.74 bits per heavy atom. The van der Waals surface area contributed by atoms with Crippen LogP contribution in [0.15, 0.2) is 54.6 Å². The highest BCUT2D eigenvalue weighted by molar-refractivity contribution is 5.94. The molecule has 0 bridgehead atoms. The standard InChI is InChI=1S/C8H8O2.C7H6O2/c1-6(9)7-2-4-8(10)5-3-7;8-7(9)6-4-2-1-3-5-6/h2-5,10H,1H3;1-5H,(H,8,9). The van der Waals surface area contributed by atoms with Crippen LogP contribution in [0.5, 0.6) is 5.75 Å². The van der Waals surface area contributed by atoms with Gasteiger partial charge in [0.1, 0.15) is 5.75 Å². The van der Waals surface area contributed by atoms with Gasteiger partial charge in [-0.05, 0) is 43.3 Å². The molecule has 2 N–H and O–H groups in total. The first-order valence-corrected chi connectivity index (χ1v) is 5.59. The van der Waals surface area contributed by atoms with Crippen LogP contribution in [0.4, 0.5) is 0 Å². The van der Waals surface area contributed by atoms with Crippen LogP contribution < -0.4 is 0 Å². The highest BCUT2D eigenvalue weighted by atomic mass is 16.4. The molecule has 0 aromatic heterocycles. The van der Waals surface area contributed by atoms with Crippen molar-refractivity contribution >= 4 is 11.8 Å². The van der Waals surface area contributed by atoms with Gasteiger partial charge in [0.05, 0.1) is 5.56 Å². The molecule has 0 aliphatic carbocycles. The molecule has 19 heavy (non-hydrogen) atoms. The minimum Gasteiger partial charge on any atom is -0.508 e. The Balaban J connectivity index is 0.000000191. The molecule has 0 fully saturated rings. The molecule has 0 radical (unpaired) electrons. The van der Waals surface area contributed by atoms with E-state index in [1.807, 2.05) is 0 Å². The SMILES string of the molecule is CC(=O)c1ccc(O)cc1.O=C(O)c1ccccc1. The summed E-state index contributed by atoms with van der Waals surface area (Å²) in [5.74, 6) is -0.680. The van der Waals surface area contributed by atoms with E-state index in [-0.39, 0.29) is 11.5 Å². The quantitative estimate of drug-likeness (QED) is 0.812. The zero-order valence-corrected chi connectivity index (χ0v) is 10.4. The molecule has 4 nitrogen and oxygen atoms in total. The summed E-state index contributed by atoms with van der Waals surface area (Å²) in [5, 5.41) is 17.2. The van der Waals surface area contributed by atoms with Gasteiger partial charge in [-0.25, -0.2) is 4.79 Å². The number of phenols is 1. The number of Topliss-reactive ketones (excluding diaryl/α,β-unsaturated/α-hetero) is 1. The molecule has 0 heterocycles. The Kier molecular flexibility index (Phi) is 5.29. The largest absolute Gasteiger partial charge is 0.508 e. The summed E-state index contributed by atoms with van der Waals surface area (Å²) in [7, 11) is 0. The first-order valence-electron chi connectivity index (χ1n) is 5.59. The molecule has 0 unspecified atom stereocenters. The smallest absolute Gasteiger partial charge is 0.335 e.